The number of carbonyl (C=O) groups is 2. The SMILES string of the molecule is C[C@H]1CC(=O)CC[C@@H]1n1cc2cc(C(=O)Nc3cnn4cccnc34)ccc2n1. The van der Waals surface area contributed by atoms with Crippen LogP contribution < -0.4 is 5.32 Å². The molecule has 0 aliphatic heterocycles. The fourth-order valence-corrected chi connectivity index (χ4v) is 4.05. The van der Waals surface area contributed by atoms with E-state index in [-0.39, 0.29) is 17.9 Å². The van der Waals surface area contributed by atoms with Crippen molar-refractivity contribution >= 4 is 33.9 Å². The number of hydrogen-bond donors (Lipinski definition) is 1. The minimum absolute atomic E-state index is 0.210. The van der Waals surface area contributed by atoms with E-state index in [1.54, 1.807) is 35.2 Å². The normalized spacial score (nSPS) is 19.7. The summed E-state index contributed by atoms with van der Waals surface area (Å²) < 4.78 is 3.57. The third-order valence-electron chi connectivity index (χ3n) is 5.58. The monoisotopic (exact) mass is 388 g/mol. The van der Waals surface area contributed by atoms with Crippen LogP contribution in [0.25, 0.3) is 16.6 Å². The van der Waals surface area contributed by atoms with Crippen molar-refractivity contribution in [2.24, 2.45) is 5.92 Å². The van der Waals surface area contributed by atoms with Gasteiger partial charge in [-0.3, -0.25) is 14.3 Å². The molecule has 8 nitrogen and oxygen atoms in total. The molecule has 1 fully saturated rings. The second kappa shape index (κ2) is 6.80. The Morgan fingerprint density at radius 3 is 3.07 bits per heavy atom. The summed E-state index contributed by atoms with van der Waals surface area (Å²) in [4.78, 5) is 28.7. The fourth-order valence-electron chi connectivity index (χ4n) is 4.05. The molecule has 1 N–H and O–H groups in total. The molecule has 29 heavy (non-hydrogen) atoms. The van der Waals surface area contributed by atoms with E-state index in [0.717, 1.165) is 17.3 Å². The Hall–Kier alpha value is -3.55. The highest BCUT2D eigenvalue weighted by molar-refractivity contribution is 6.07. The first-order valence-electron chi connectivity index (χ1n) is 9.69. The number of amides is 1. The molecule has 0 bridgehead atoms. The smallest absolute Gasteiger partial charge is 0.255 e. The number of benzene rings is 1. The molecule has 8 heteroatoms. The Morgan fingerprint density at radius 1 is 1.31 bits per heavy atom. The zero-order valence-electron chi connectivity index (χ0n) is 15.9. The van der Waals surface area contributed by atoms with Crippen molar-refractivity contribution in [1.29, 1.82) is 0 Å². The minimum Gasteiger partial charge on any atom is -0.317 e. The number of aromatic nitrogens is 5. The van der Waals surface area contributed by atoms with Crippen molar-refractivity contribution in [2.75, 3.05) is 5.32 Å². The minimum atomic E-state index is -0.225. The van der Waals surface area contributed by atoms with Gasteiger partial charge in [-0.05, 0) is 36.6 Å². The molecular formula is C21H20N6O2. The molecule has 1 aromatic carbocycles. The van der Waals surface area contributed by atoms with Crippen LogP contribution in [0.3, 0.4) is 0 Å². The number of ketones is 1. The lowest BCUT2D eigenvalue weighted by atomic mass is 9.85. The number of anilines is 1. The van der Waals surface area contributed by atoms with Gasteiger partial charge in [0, 0.05) is 42.4 Å². The topological polar surface area (TPSA) is 94.2 Å². The van der Waals surface area contributed by atoms with Crippen molar-refractivity contribution in [3.63, 3.8) is 0 Å². The lowest BCUT2D eigenvalue weighted by Gasteiger charge is -2.28. The highest BCUT2D eigenvalue weighted by atomic mass is 16.1. The molecule has 1 aliphatic carbocycles. The number of nitrogens with one attached hydrogen (secondary N) is 1. The molecule has 5 rings (SSSR count). The van der Waals surface area contributed by atoms with Crippen LogP contribution in [0.2, 0.25) is 0 Å². The predicted octanol–water partition coefficient (Wildman–Crippen LogP) is 3.26. The second-order valence-electron chi connectivity index (χ2n) is 7.61. The number of nitrogens with zero attached hydrogens (tertiary/aromatic N) is 5. The largest absolute Gasteiger partial charge is 0.317 e. The molecule has 1 amide bonds. The summed E-state index contributed by atoms with van der Waals surface area (Å²) in [7, 11) is 0. The van der Waals surface area contributed by atoms with Crippen LogP contribution in [-0.4, -0.2) is 36.1 Å². The first-order valence-corrected chi connectivity index (χ1v) is 9.69. The van der Waals surface area contributed by atoms with E-state index in [0.29, 0.717) is 35.5 Å². The first kappa shape index (κ1) is 17.5. The van der Waals surface area contributed by atoms with Crippen LogP contribution in [0.4, 0.5) is 5.69 Å². The van der Waals surface area contributed by atoms with Crippen molar-refractivity contribution in [3.8, 4) is 0 Å². The maximum absolute atomic E-state index is 12.8. The van der Waals surface area contributed by atoms with E-state index in [9.17, 15) is 9.59 Å². The van der Waals surface area contributed by atoms with E-state index in [4.69, 9.17) is 0 Å². The zero-order valence-corrected chi connectivity index (χ0v) is 15.9. The Balaban J connectivity index is 1.41. The average Bonchev–Trinajstić information content (AvgIpc) is 3.31. The van der Waals surface area contributed by atoms with Gasteiger partial charge >= 0.3 is 0 Å². The highest BCUT2D eigenvalue weighted by Gasteiger charge is 2.28. The summed E-state index contributed by atoms with van der Waals surface area (Å²) in [6.45, 7) is 2.09. The standard InChI is InChI=1S/C21H20N6O2/c1-13-9-16(28)4-6-19(13)27-12-15-10-14(3-5-17(15)25-27)21(29)24-18-11-23-26-8-2-7-22-20(18)26/h2-3,5,7-8,10-13,19H,4,6,9H2,1H3,(H,24,29)/t13-,19-/m0/s1. The van der Waals surface area contributed by atoms with Crippen molar-refractivity contribution in [1.82, 2.24) is 24.4 Å². The summed E-state index contributed by atoms with van der Waals surface area (Å²) in [6.07, 6.45) is 9.01. The third-order valence-corrected chi connectivity index (χ3v) is 5.58. The highest BCUT2D eigenvalue weighted by Crippen LogP contribution is 2.32. The van der Waals surface area contributed by atoms with Gasteiger partial charge in [0.25, 0.3) is 5.91 Å². The van der Waals surface area contributed by atoms with Gasteiger partial charge in [0.2, 0.25) is 0 Å². The van der Waals surface area contributed by atoms with Gasteiger partial charge < -0.3 is 5.32 Å². The van der Waals surface area contributed by atoms with E-state index in [1.165, 1.54) is 0 Å². The summed E-state index contributed by atoms with van der Waals surface area (Å²) in [5.74, 6) is 0.361. The Morgan fingerprint density at radius 2 is 2.21 bits per heavy atom. The quantitative estimate of drug-likeness (QED) is 0.581. The number of hydrogen-bond acceptors (Lipinski definition) is 5. The van der Waals surface area contributed by atoms with E-state index in [2.05, 4.69) is 27.4 Å². The number of rotatable bonds is 3. The van der Waals surface area contributed by atoms with Crippen molar-refractivity contribution in [2.45, 2.75) is 32.2 Å². The number of carbonyl (C=O) groups excluding carboxylic acids is 2. The van der Waals surface area contributed by atoms with Crippen LogP contribution in [0.1, 0.15) is 42.6 Å². The van der Waals surface area contributed by atoms with Crippen molar-refractivity contribution < 1.29 is 9.59 Å². The van der Waals surface area contributed by atoms with Gasteiger partial charge in [-0.2, -0.15) is 10.2 Å². The van der Waals surface area contributed by atoms with Crippen LogP contribution in [-0.2, 0) is 4.79 Å². The second-order valence-corrected chi connectivity index (χ2v) is 7.61. The van der Waals surface area contributed by atoms with Crippen molar-refractivity contribution in [3.05, 3.63) is 54.6 Å². The van der Waals surface area contributed by atoms with Gasteiger partial charge in [-0.1, -0.05) is 6.92 Å². The maximum atomic E-state index is 12.8. The van der Waals surface area contributed by atoms with Crippen LogP contribution >= 0.6 is 0 Å². The lowest BCUT2D eigenvalue weighted by molar-refractivity contribution is -0.122. The zero-order chi connectivity index (χ0) is 20.0. The average molecular weight is 388 g/mol. The number of fused-ring (bicyclic) bond motifs is 2. The molecule has 0 unspecified atom stereocenters. The molecule has 3 heterocycles. The molecule has 0 spiro atoms. The number of Topliss-reactive ketones (excluding diaryl/α,β-unsaturated/α-hetero) is 1. The van der Waals surface area contributed by atoms with Gasteiger partial charge in [-0.15, -0.1) is 0 Å². The Bertz CT molecular complexity index is 1240. The van der Waals surface area contributed by atoms with Crippen LogP contribution in [0, 0.1) is 5.92 Å². The molecule has 0 saturated heterocycles. The molecule has 4 aromatic rings. The Labute approximate surface area is 166 Å². The fraction of sp³-hybridized carbons (Fsp3) is 0.286. The van der Waals surface area contributed by atoms with E-state index >= 15 is 0 Å². The van der Waals surface area contributed by atoms with Gasteiger partial charge in [0.1, 0.15) is 11.5 Å². The summed E-state index contributed by atoms with van der Waals surface area (Å²) in [5, 5.41) is 12.6. The molecule has 146 valence electrons. The van der Waals surface area contributed by atoms with Gasteiger partial charge in [0.15, 0.2) is 5.65 Å². The molecule has 1 aliphatic rings. The van der Waals surface area contributed by atoms with E-state index < -0.39 is 0 Å². The lowest BCUT2D eigenvalue weighted by Crippen LogP contribution is -2.26. The predicted molar refractivity (Wildman–Crippen MR) is 108 cm³/mol. The van der Waals surface area contributed by atoms with E-state index in [1.807, 2.05) is 23.0 Å². The molecule has 3 aromatic heterocycles. The molecule has 0 radical (unpaired) electrons. The van der Waals surface area contributed by atoms with Crippen LogP contribution in [0.15, 0.2) is 49.1 Å². The summed E-state index contributed by atoms with van der Waals surface area (Å²) in [6, 6.07) is 7.45. The maximum Gasteiger partial charge on any atom is 0.255 e. The molecule has 1 saturated carbocycles. The molecular weight excluding hydrogens is 368 g/mol. The van der Waals surface area contributed by atoms with Gasteiger partial charge in [-0.25, -0.2) is 9.50 Å². The Kier molecular flexibility index (Phi) is 4.12. The first-order chi connectivity index (χ1) is 14.1. The summed E-state index contributed by atoms with van der Waals surface area (Å²) >= 11 is 0. The third kappa shape index (κ3) is 3.16. The van der Waals surface area contributed by atoms with Crippen LogP contribution in [0.5, 0.6) is 0 Å². The summed E-state index contributed by atoms with van der Waals surface area (Å²) in [5.41, 5.74) is 2.53. The molecule has 2 atom stereocenters. The van der Waals surface area contributed by atoms with Gasteiger partial charge in [0.05, 0.1) is 17.8 Å².